The van der Waals surface area contributed by atoms with Crippen LogP contribution < -0.4 is 0 Å². The molecule has 0 bridgehead atoms. The lowest BCUT2D eigenvalue weighted by Crippen LogP contribution is -2.20. The van der Waals surface area contributed by atoms with Crippen molar-refractivity contribution >= 4 is 0 Å². The quantitative estimate of drug-likeness (QED) is 0.0576. The molecule has 0 saturated heterocycles. The van der Waals surface area contributed by atoms with Gasteiger partial charge in [0, 0.05) is 0 Å². The Kier molecular flexibility index (Phi) is 38.9. The number of hydrogen-bond donors (Lipinski definition) is 0. The summed E-state index contributed by atoms with van der Waals surface area (Å²) in [4.78, 5) is 0. The van der Waals surface area contributed by atoms with E-state index in [-0.39, 0.29) is 0 Å². The van der Waals surface area contributed by atoms with E-state index in [1.54, 1.807) is 0 Å². The Morgan fingerprint density at radius 1 is 0.260 bits per heavy atom. The van der Waals surface area contributed by atoms with E-state index < -0.39 is 0 Å². The highest BCUT2D eigenvalue weighted by Gasteiger charge is 2.23. The van der Waals surface area contributed by atoms with Crippen molar-refractivity contribution in [2.24, 2.45) is 53.3 Å². The van der Waals surface area contributed by atoms with Crippen molar-refractivity contribution in [2.45, 2.75) is 270 Å². The van der Waals surface area contributed by atoms with Gasteiger partial charge in [0.25, 0.3) is 0 Å². The molecule has 0 fully saturated rings. The number of rotatable bonds is 35. The molecule has 0 aromatic rings. The summed E-state index contributed by atoms with van der Waals surface area (Å²) in [5.74, 6) is 8.28. The Morgan fingerprint density at radius 3 is 0.980 bits per heavy atom. The molecule has 0 heterocycles. The van der Waals surface area contributed by atoms with Gasteiger partial charge in [0.2, 0.25) is 0 Å². The van der Waals surface area contributed by atoms with E-state index in [1.165, 1.54) is 180 Å². The van der Waals surface area contributed by atoms with Crippen LogP contribution in [0.25, 0.3) is 0 Å². The molecule has 0 aromatic carbocycles. The van der Waals surface area contributed by atoms with Gasteiger partial charge in [-0.15, -0.1) is 0 Å². The van der Waals surface area contributed by atoms with Gasteiger partial charge in [0.15, 0.2) is 0 Å². The van der Waals surface area contributed by atoms with Gasteiger partial charge in [-0.25, -0.2) is 0 Å². The Morgan fingerprint density at radius 2 is 0.580 bits per heavy atom. The molecule has 0 N–H and O–H groups in total. The topological polar surface area (TPSA) is 0 Å². The summed E-state index contributed by atoms with van der Waals surface area (Å²) in [5, 5.41) is 0. The van der Waals surface area contributed by atoms with Crippen molar-refractivity contribution in [3.63, 3.8) is 0 Å². The van der Waals surface area contributed by atoms with E-state index in [1.807, 2.05) is 0 Å². The average Bonchev–Trinajstić information content (AvgIpc) is 3.06. The van der Waals surface area contributed by atoms with Gasteiger partial charge in [-0.2, -0.15) is 0 Å². The zero-order valence-electron chi connectivity index (χ0n) is 38.0. The second-order valence-corrected chi connectivity index (χ2v) is 19.3. The minimum absolute atomic E-state index is 0.873. The first-order valence-electron chi connectivity index (χ1n) is 23.9. The lowest BCUT2D eigenvalue weighted by Gasteiger charge is -2.30. The molecule has 0 amide bonds. The first kappa shape index (κ1) is 52.1. The van der Waals surface area contributed by atoms with E-state index in [9.17, 15) is 0 Å². The normalized spacial score (nSPS) is 16.1. The maximum absolute atomic E-state index is 2.55. The fraction of sp³-hybridized carbons (Fsp3) is 1.00. The van der Waals surface area contributed by atoms with Crippen molar-refractivity contribution in [3.8, 4) is 0 Å². The predicted molar refractivity (Wildman–Crippen MR) is 234 cm³/mol. The summed E-state index contributed by atoms with van der Waals surface area (Å²) in [6.07, 6.45) is 40.3. The summed E-state index contributed by atoms with van der Waals surface area (Å²) < 4.78 is 0. The lowest BCUT2D eigenvalue weighted by atomic mass is 9.75. The summed E-state index contributed by atoms with van der Waals surface area (Å²) >= 11 is 0. The molecule has 0 aromatic heterocycles. The third-order valence-corrected chi connectivity index (χ3v) is 12.7. The molecule has 0 rings (SSSR count). The molecule has 0 radical (unpaired) electrons. The molecular formula is C50H104. The van der Waals surface area contributed by atoms with Crippen molar-refractivity contribution in [1.82, 2.24) is 0 Å². The van der Waals surface area contributed by atoms with E-state index in [0.717, 1.165) is 53.3 Å². The van der Waals surface area contributed by atoms with Crippen LogP contribution in [-0.4, -0.2) is 0 Å². The van der Waals surface area contributed by atoms with Crippen molar-refractivity contribution < 1.29 is 0 Å². The maximum atomic E-state index is 2.55. The van der Waals surface area contributed by atoms with Gasteiger partial charge >= 0.3 is 0 Å². The highest BCUT2D eigenvalue weighted by molar-refractivity contribution is 4.73. The smallest absolute Gasteiger partial charge is 0.0363 e. The molecule has 7 unspecified atom stereocenters. The maximum Gasteiger partial charge on any atom is -0.0363 e. The molecule has 7 atom stereocenters. The fourth-order valence-electron chi connectivity index (χ4n) is 8.35. The van der Waals surface area contributed by atoms with Crippen LogP contribution in [0.5, 0.6) is 0 Å². The van der Waals surface area contributed by atoms with E-state index in [0.29, 0.717) is 0 Å². The summed E-state index contributed by atoms with van der Waals surface area (Å²) in [6, 6.07) is 0. The number of hydrogen-bond acceptors (Lipinski definition) is 0. The molecule has 0 aliphatic heterocycles. The second-order valence-electron chi connectivity index (χ2n) is 19.3. The summed E-state index contributed by atoms with van der Waals surface area (Å²) in [7, 11) is 0. The van der Waals surface area contributed by atoms with Gasteiger partial charge in [-0.1, -0.05) is 263 Å². The molecule has 0 heteroatoms. The summed E-state index contributed by atoms with van der Waals surface area (Å²) in [6.45, 7) is 31.4. The molecule has 0 aliphatic rings. The van der Waals surface area contributed by atoms with E-state index >= 15 is 0 Å². The SMILES string of the molecule is CCCCCCCCC(C)C(CCC(C)CCCC(C)C)C(C)CC.CCCCCCCCC(C)CCC(C)CCCC(C)CCCC(C)C. The molecule has 50 heavy (non-hydrogen) atoms. The fourth-order valence-corrected chi connectivity index (χ4v) is 8.35. The first-order chi connectivity index (χ1) is 23.9. The minimum Gasteiger partial charge on any atom is -0.0654 e. The Bertz CT molecular complexity index is 632. The van der Waals surface area contributed by atoms with E-state index in [4.69, 9.17) is 0 Å². The lowest BCUT2D eigenvalue weighted by molar-refractivity contribution is 0.203. The number of unbranched alkanes of at least 4 members (excludes halogenated alkanes) is 10. The third-order valence-electron chi connectivity index (χ3n) is 12.7. The van der Waals surface area contributed by atoms with Gasteiger partial charge in [-0.05, 0) is 59.7 Å². The van der Waals surface area contributed by atoms with Gasteiger partial charge in [0.1, 0.15) is 0 Å². The van der Waals surface area contributed by atoms with Gasteiger partial charge < -0.3 is 0 Å². The molecule has 0 nitrogen and oxygen atoms in total. The van der Waals surface area contributed by atoms with Crippen LogP contribution in [0.2, 0.25) is 0 Å². The van der Waals surface area contributed by atoms with Crippen LogP contribution in [0, 0.1) is 53.3 Å². The average molecular weight is 705 g/mol. The monoisotopic (exact) mass is 705 g/mol. The second kappa shape index (κ2) is 37.3. The van der Waals surface area contributed by atoms with Crippen molar-refractivity contribution in [2.75, 3.05) is 0 Å². The van der Waals surface area contributed by atoms with Gasteiger partial charge in [-0.3, -0.25) is 0 Å². The molecule has 304 valence electrons. The van der Waals surface area contributed by atoms with Crippen LogP contribution >= 0.6 is 0 Å². The van der Waals surface area contributed by atoms with Crippen LogP contribution in [0.4, 0.5) is 0 Å². The van der Waals surface area contributed by atoms with Crippen molar-refractivity contribution in [1.29, 1.82) is 0 Å². The highest BCUT2D eigenvalue weighted by atomic mass is 14.3. The third kappa shape index (κ3) is 36.4. The van der Waals surface area contributed by atoms with Crippen LogP contribution in [0.3, 0.4) is 0 Å². The molecular weight excluding hydrogens is 601 g/mol. The largest absolute Gasteiger partial charge is 0.0654 e. The molecule has 0 saturated carbocycles. The van der Waals surface area contributed by atoms with Crippen LogP contribution in [0.1, 0.15) is 270 Å². The predicted octanol–water partition coefficient (Wildman–Crippen LogP) is 18.7. The van der Waals surface area contributed by atoms with Crippen LogP contribution in [0.15, 0.2) is 0 Å². The van der Waals surface area contributed by atoms with Gasteiger partial charge in [0.05, 0.1) is 0 Å². The summed E-state index contributed by atoms with van der Waals surface area (Å²) in [5.41, 5.74) is 0. The zero-order valence-corrected chi connectivity index (χ0v) is 38.0. The van der Waals surface area contributed by atoms with E-state index in [2.05, 4.69) is 90.0 Å². The minimum atomic E-state index is 0.873. The zero-order chi connectivity index (χ0) is 38.0. The highest BCUT2D eigenvalue weighted by Crippen LogP contribution is 2.33. The molecule has 0 spiro atoms. The molecule has 0 aliphatic carbocycles. The van der Waals surface area contributed by atoms with Crippen molar-refractivity contribution in [3.05, 3.63) is 0 Å². The Balaban J connectivity index is 0. The Hall–Kier alpha value is 0. The van der Waals surface area contributed by atoms with Crippen LogP contribution in [-0.2, 0) is 0 Å². The standard InChI is InChI=1S/2C25H52/c1-8-10-11-12-13-14-18-24(7)25(23(6)9-2)20-19-22(5)17-15-16-21(3)4;1-7-8-9-10-11-12-16-24(5)20-21-25(6)19-14-18-23(4)17-13-15-22(2)3/h21-25H,8-20H2,1-7H3;22-25H,7-21H2,1-6H3. The Labute approximate surface area is 322 Å². The first-order valence-corrected chi connectivity index (χ1v) is 23.9.